The van der Waals surface area contributed by atoms with E-state index in [0.29, 0.717) is 13.1 Å². The van der Waals surface area contributed by atoms with E-state index in [4.69, 9.17) is 5.11 Å². The Bertz CT molecular complexity index is 147. The Hall–Kier alpha value is -0.610. The van der Waals surface area contributed by atoms with Gasteiger partial charge in [-0.3, -0.25) is 10.1 Å². The second-order valence-corrected chi connectivity index (χ2v) is 2.68. The minimum atomic E-state index is -0.977. The van der Waals surface area contributed by atoms with Crippen LogP contribution >= 0.6 is 0 Å². The first kappa shape index (κ1) is 8.49. The fourth-order valence-electron chi connectivity index (χ4n) is 1.20. The normalized spacial score (nSPS) is 25.8. The Kier molecular flexibility index (Phi) is 2.84. The van der Waals surface area contributed by atoms with Crippen LogP contribution in [-0.4, -0.2) is 41.8 Å². The molecule has 0 aromatic rings. The maximum Gasteiger partial charge on any atom is 0.266 e. The Labute approximate surface area is 66.2 Å². The van der Waals surface area contributed by atoms with Crippen LogP contribution in [0.15, 0.2) is 0 Å². The fraction of sp³-hybridized carbons (Fsp3) is 0.857. The van der Waals surface area contributed by atoms with Gasteiger partial charge in [0.1, 0.15) is 0 Å². The highest BCUT2D eigenvalue weighted by Gasteiger charge is 2.24. The van der Waals surface area contributed by atoms with Gasteiger partial charge in [0.15, 0.2) is 6.23 Å². The van der Waals surface area contributed by atoms with E-state index in [1.807, 2.05) is 6.92 Å². The zero-order valence-electron chi connectivity index (χ0n) is 6.71. The molecule has 4 heteroatoms. The molecule has 0 aromatic carbocycles. The summed E-state index contributed by atoms with van der Waals surface area (Å²) >= 11 is 0. The number of hydrogen-bond donors (Lipinski definition) is 2. The lowest BCUT2D eigenvalue weighted by Crippen LogP contribution is -2.54. The summed E-state index contributed by atoms with van der Waals surface area (Å²) in [5.74, 6) is -0.196. The topological polar surface area (TPSA) is 52.6 Å². The van der Waals surface area contributed by atoms with Crippen molar-refractivity contribution in [1.29, 1.82) is 0 Å². The first-order chi connectivity index (χ1) is 5.25. The molecule has 1 heterocycles. The van der Waals surface area contributed by atoms with Gasteiger partial charge in [0.2, 0.25) is 0 Å². The van der Waals surface area contributed by atoms with Crippen LogP contribution in [0.2, 0.25) is 0 Å². The maximum atomic E-state index is 11.1. The highest BCUT2D eigenvalue weighted by Crippen LogP contribution is 1.99. The zero-order valence-corrected chi connectivity index (χ0v) is 6.71. The molecule has 0 aromatic heterocycles. The summed E-state index contributed by atoms with van der Waals surface area (Å²) in [5, 5.41) is 11.8. The highest BCUT2D eigenvalue weighted by atomic mass is 16.3. The largest absolute Gasteiger partial charge is 0.370 e. The lowest BCUT2D eigenvalue weighted by atomic mass is 10.3. The molecule has 1 fully saturated rings. The summed E-state index contributed by atoms with van der Waals surface area (Å²) in [5.41, 5.74) is 0. The summed E-state index contributed by atoms with van der Waals surface area (Å²) in [4.78, 5) is 12.8. The Morgan fingerprint density at radius 2 is 2.55 bits per heavy atom. The number of hydrogen-bond acceptors (Lipinski definition) is 3. The van der Waals surface area contributed by atoms with E-state index in [9.17, 15) is 4.79 Å². The monoisotopic (exact) mass is 158 g/mol. The number of carbonyl (C=O) groups excluding carboxylic acids is 1. The van der Waals surface area contributed by atoms with Crippen molar-refractivity contribution in [2.75, 3.05) is 19.6 Å². The Morgan fingerprint density at radius 3 is 3.18 bits per heavy atom. The molecule has 11 heavy (non-hydrogen) atoms. The summed E-state index contributed by atoms with van der Waals surface area (Å²) in [6.45, 7) is 4.16. The third-order valence-electron chi connectivity index (χ3n) is 1.76. The van der Waals surface area contributed by atoms with Gasteiger partial charge < -0.3 is 10.0 Å². The molecule has 0 saturated carbocycles. The molecule has 1 atom stereocenters. The standard InChI is InChI=1S/C7H14N2O2/c1-2-4-9-5-3-8-6(10)7(9)11/h6,8,10H,2-5H2,1H3. The number of nitrogens with one attached hydrogen (secondary N) is 1. The van der Waals surface area contributed by atoms with E-state index < -0.39 is 6.23 Å². The fourth-order valence-corrected chi connectivity index (χ4v) is 1.20. The van der Waals surface area contributed by atoms with Crippen LogP contribution in [0.3, 0.4) is 0 Å². The molecular weight excluding hydrogens is 144 g/mol. The maximum absolute atomic E-state index is 11.1. The third kappa shape index (κ3) is 1.91. The molecule has 1 unspecified atom stereocenters. The number of nitrogens with zero attached hydrogens (tertiary/aromatic N) is 1. The van der Waals surface area contributed by atoms with E-state index in [1.165, 1.54) is 0 Å². The lowest BCUT2D eigenvalue weighted by molar-refractivity contribution is -0.145. The molecule has 0 aliphatic carbocycles. The molecule has 1 saturated heterocycles. The molecule has 2 N–H and O–H groups in total. The smallest absolute Gasteiger partial charge is 0.266 e. The minimum Gasteiger partial charge on any atom is -0.370 e. The minimum absolute atomic E-state index is 0.196. The SMILES string of the molecule is CCCN1CCNC(O)C1=O. The number of amides is 1. The highest BCUT2D eigenvalue weighted by molar-refractivity contribution is 5.80. The molecule has 1 amide bonds. The van der Waals surface area contributed by atoms with Crippen molar-refractivity contribution in [2.45, 2.75) is 19.6 Å². The van der Waals surface area contributed by atoms with Crippen molar-refractivity contribution < 1.29 is 9.90 Å². The van der Waals surface area contributed by atoms with Crippen molar-refractivity contribution in [3.63, 3.8) is 0 Å². The number of piperazine rings is 1. The average Bonchev–Trinajstić information content (AvgIpc) is 1.99. The third-order valence-corrected chi connectivity index (χ3v) is 1.76. The summed E-state index contributed by atoms with van der Waals surface area (Å²) in [7, 11) is 0. The van der Waals surface area contributed by atoms with Gasteiger partial charge in [-0.1, -0.05) is 6.92 Å². The number of aliphatic hydroxyl groups excluding tert-OH is 1. The second kappa shape index (κ2) is 3.69. The van der Waals surface area contributed by atoms with Gasteiger partial charge in [0.05, 0.1) is 0 Å². The van der Waals surface area contributed by atoms with E-state index >= 15 is 0 Å². The predicted molar refractivity (Wildman–Crippen MR) is 40.9 cm³/mol. The Morgan fingerprint density at radius 1 is 1.82 bits per heavy atom. The molecule has 4 nitrogen and oxygen atoms in total. The number of rotatable bonds is 2. The second-order valence-electron chi connectivity index (χ2n) is 2.68. The van der Waals surface area contributed by atoms with E-state index in [0.717, 1.165) is 13.0 Å². The van der Waals surface area contributed by atoms with Crippen LogP contribution in [0, 0.1) is 0 Å². The van der Waals surface area contributed by atoms with E-state index in [1.54, 1.807) is 4.90 Å². The van der Waals surface area contributed by atoms with Gasteiger partial charge in [-0.05, 0) is 6.42 Å². The first-order valence-electron chi connectivity index (χ1n) is 3.96. The van der Waals surface area contributed by atoms with Crippen molar-refractivity contribution in [1.82, 2.24) is 10.2 Å². The lowest BCUT2D eigenvalue weighted by Gasteiger charge is -2.30. The summed E-state index contributed by atoms with van der Waals surface area (Å²) < 4.78 is 0. The van der Waals surface area contributed by atoms with Crippen LogP contribution < -0.4 is 5.32 Å². The van der Waals surface area contributed by atoms with Crippen LogP contribution in [-0.2, 0) is 4.79 Å². The van der Waals surface area contributed by atoms with Gasteiger partial charge in [-0.15, -0.1) is 0 Å². The molecule has 1 aliphatic heterocycles. The zero-order chi connectivity index (χ0) is 8.27. The van der Waals surface area contributed by atoms with E-state index in [-0.39, 0.29) is 5.91 Å². The van der Waals surface area contributed by atoms with Crippen molar-refractivity contribution in [2.24, 2.45) is 0 Å². The number of carbonyl (C=O) groups is 1. The van der Waals surface area contributed by atoms with Crippen LogP contribution in [0.5, 0.6) is 0 Å². The molecule has 64 valence electrons. The van der Waals surface area contributed by atoms with Gasteiger partial charge in [0.25, 0.3) is 5.91 Å². The molecule has 0 radical (unpaired) electrons. The van der Waals surface area contributed by atoms with E-state index in [2.05, 4.69) is 5.32 Å². The van der Waals surface area contributed by atoms with Crippen molar-refractivity contribution >= 4 is 5.91 Å². The van der Waals surface area contributed by atoms with Crippen molar-refractivity contribution in [3.8, 4) is 0 Å². The predicted octanol–water partition coefficient (Wildman–Crippen LogP) is -0.853. The molecule has 0 spiro atoms. The van der Waals surface area contributed by atoms with Gasteiger partial charge in [-0.25, -0.2) is 0 Å². The van der Waals surface area contributed by atoms with Gasteiger partial charge >= 0.3 is 0 Å². The molecule has 1 aliphatic rings. The van der Waals surface area contributed by atoms with Crippen LogP contribution in [0.1, 0.15) is 13.3 Å². The summed E-state index contributed by atoms with van der Waals surface area (Å²) in [6.07, 6.45) is -0.0337. The molecule has 0 bridgehead atoms. The van der Waals surface area contributed by atoms with Crippen LogP contribution in [0.25, 0.3) is 0 Å². The molecular formula is C7H14N2O2. The van der Waals surface area contributed by atoms with Gasteiger partial charge in [-0.2, -0.15) is 0 Å². The van der Waals surface area contributed by atoms with Gasteiger partial charge in [0, 0.05) is 19.6 Å². The van der Waals surface area contributed by atoms with Crippen LogP contribution in [0.4, 0.5) is 0 Å². The summed E-state index contributed by atoms with van der Waals surface area (Å²) in [6, 6.07) is 0. The first-order valence-corrected chi connectivity index (χ1v) is 3.96. The Balaban J connectivity index is 2.44. The van der Waals surface area contributed by atoms with Crippen molar-refractivity contribution in [3.05, 3.63) is 0 Å². The quantitative estimate of drug-likeness (QED) is 0.550. The molecule has 1 rings (SSSR count). The number of aliphatic hydroxyl groups is 1. The average molecular weight is 158 g/mol.